The number of rotatable bonds is 4. The summed E-state index contributed by atoms with van der Waals surface area (Å²) in [6.45, 7) is 17.9. The van der Waals surface area contributed by atoms with E-state index in [4.69, 9.17) is 0 Å². The Labute approximate surface area is 108 Å². The van der Waals surface area contributed by atoms with Gasteiger partial charge in [0.25, 0.3) is 0 Å². The molecular weight excluding hydrogens is 220 g/mol. The monoisotopic (exact) mass is 248 g/mol. The SMILES string of the molecule is CC(C)NC(C(C)C)=[N+](C(C)C)C(C)C.[Cl-]. The smallest absolute Gasteiger partial charge is 0.247 e. The standard InChI is InChI=1S/C13H28N2.ClH/c1-9(2)13(14-10(3)4)15(11(5)6)12(7)8;/h9-12H,1-8H3;1H. The maximum atomic E-state index is 3.58. The highest BCUT2D eigenvalue weighted by atomic mass is 35.5. The van der Waals surface area contributed by atoms with E-state index in [0.29, 0.717) is 24.0 Å². The molecule has 1 N–H and O–H groups in total. The van der Waals surface area contributed by atoms with Crippen LogP contribution in [0, 0.1) is 5.92 Å². The van der Waals surface area contributed by atoms with Crippen molar-refractivity contribution < 1.29 is 17.0 Å². The zero-order valence-electron chi connectivity index (χ0n) is 12.1. The molecule has 0 fully saturated rings. The van der Waals surface area contributed by atoms with Gasteiger partial charge in [-0.1, -0.05) is 13.8 Å². The number of nitrogens with zero attached hydrogens (tertiary/aromatic N) is 1. The molecule has 98 valence electrons. The molecule has 0 saturated heterocycles. The van der Waals surface area contributed by atoms with Crippen LogP contribution >= 0.6 is 0 Å². The lowest BCUT2D eigenvalue weighted by Gasteiger charge is -2.22. The molecule has 16 heavy (non-hydrogen) atoms. The van der Waals surface area contributed by atoms with Gasteiger partial charge in [-0.3, -0.25) is 9.89 Å². The van der Waals surface area contributed by atoms with E-state index in [1.807, 2.05) is 0 Å². The molecule has 0 aromatic rings. The molecule has 0 spiro atoms. The Morgan fingerprint density at radius 3 is 1.38 bits per heavy atom. The summed E-state index contributed by atoms with van der Waals surface area (Å²) in [7, 11) is 0. The number of nitrogens with one attached hydrogen (secondary N) is 1. The predicted molar refractivity (Wildman–Crippen MR) is 68.6 cm³/mol. The molecule has 0 atom stereocenters. The topological polar surface area (TPSA) is 15.0 Å². The maximum Gasteiger partial charge on any atom is 0.247 e. The second-order valence-electron chi connectivity index (χ2n) is 5.43. The molecule has 0 aromatic heterocycles. The van der Waals surface area contributed by atoms with Crippen molar-refractivity contribution in [3.05, 3.63) is 0 Å². The van der Waals surface area contributed by atoms with Gasteiger partial charge in [-0.05, 0) is 41.5 Å². The summed E-state index contributed by atoms with van der Waals surface area (Å²) in [6.07, 6.45) is 0. The number of halogens is 1. The van der Waals surface area contributed by atoms with Crippen LogP contribution in [0.25, 0.3) is 0 Å². The van der Waals surface area contributed by atoms with E-state index >= 15 is 0 Å². The summed E-state index contributed by atoms with van der Waals surface area (Å²) in [5.41, 5.74) is 0. The van der Waals surface area contributed by atoms with Crippen LogP contribution in [0.15, 0.2) is 0 Å². The number of amidine groups is 1. The van der Waals surface area contributed by atoms with Crippen LogP contribution in [0.3, 0.4) is 0 Å². The highest BCUT2D eigenvalue weighted by Gasteiger charge is 2.22. The van der Waals surface area contributed by atoms with E-state index in [2.05, 4.69) is 65.3 Å². The molecule has 0 aliphatic rings. The molecule has 3 heteroatoms. The summed E-state index contributed by atoms with van der Waals surface area (Å²) in [5, 5.41) is 3.58. The third kappa shape index (κ3) is 5.74. The fourth-order valence-electron chi connectivity index (χ4n) is 1.99. The Bertz CT molecular complexity index is 208. The van der Waals surface area contributed by atoms with Crippen LogP contribution in [0.5, 0.6) is 0 Å². The molecule has 0 aromatic carbocycles. The highest BCUT2D eigenvalue weighted by Crippen LogP contribution is 2.04. The first-order valence-electron chi connectivity index (χ1n) is 6.19. The Morgan fingerprint density at radius 1 is 0.812 bits per heavy atom. The van der Waals surface area contributed by atoms with Crippen LogP contribution in [-0.2, 0) is 0 Å². The van der Waals surface area contributed by atoms with E-state index in [1.165, 1.54) is 5.84 Å². The van der Waals surface area contributed by atoms with Gasteiger partial charge in [-0.15, -0.1) is 0 Å². The molecule has 0 heterocycles. The lowest BCUT2D eigenvalue weighted by atomic mass is 10.1. The molecule has 2 nitrogen and oxygen atoms in total. The predicted octanol–water partition coefficient (Wildman–Crippen LogP) is -0.128. The fraction of sp³-hybridized carbons (Fsp3) is 0.923. The molecular formula is C13H29ClN2. The normalized spacial score (nSPS) is 11.0. The van der Waals surface area contributed by atoms with E-state index in [9.17, 15) is 0 Å². The van der Waals surface area contributed by atoms with E-state index in [-0.39, 0.29) is 12.4 Å². The minimum Gasteiger partial charge on any atom is -1.00 e. The van der Waals surface area contributed by atoms with Crippen molar-refractivity contribution in [1.82, 2.24) is 5.32 Å². The lowest BCUT2D eigenvalue weighted by Crippen LogP contribution is -3.00. The van der Waals surface area contributed by atoms with Gasteiger partial charge in [0.05, 0.1) is 24.0 Å². The van der Waals surface area contributed by atoms with Gasteiger partial charge in [0.2, 0.25) is 5.84 Å². The van der Waals surface area contributed by atoms with Gasteiger partial charge < -0.3 is 12.4 Å². The van der Waals surface area contributed by atoms with Crippen molar-refractivity contribution in [3.63, 3.8) is 0 Å². The summed E-state index contributed by atoms with van der Waals surface area (Å²) < 4.78 is 2.48. The van der Waals surface area contributed by atoms with Gasteiger partial charge in [0.1, 0.15) is 0 Å². The zero-order valence-corrected chi connectivity index (χ0v) is 12.9. The molecule has 0 unspecified atom stereocenters. The molecule has 0 rings (SSSR count). The summed E-state index contributed by atoms with van der Waals surface area (Å²) >= 11 is 0. The average molecular weight is 249 g/mol. The van der Waals surface area contributed by atoms with Crippen molar-refractivity contribution in [2.24, 2.45) is 5.92 Å². The zero-order chi connectivity index (χ0) is 12.2. The molecule has 0 saturated carbocycles. The van der Waals surface area contributed by atoms with E-state index in [0.717, 1.165) is 0 Å². The summed E-state index contributed by atoms with van der Waals surface area (Å²) in [6, 6.07) is 1.60. The molecule has 0 bridgehead atoms. The van der Waals surface area contributed by atoms with Crippen LogP contribution in [0.2, 0.25) is 0 Å². The summed E-state index contributed by atoms with van der Waals surface area (Å²) in [4.78, 5) is 0. The third-order valence-electron chi connectivity index (χ3n) is 2.37. The second kappa shape index (κ2) is 7.94. The first-order valence-corrected chi connectivity index (χ1v) is 6.19. The van der Waals surface area contributed by atoms with Crippen LogP contribution < -0.4 is 17.7 Å². The van der Waals surface area contributed by atoms with Gasteiger partial charge in [-0.2, -0.15) is 0 Å². The highest BCUT2D eigenvalue weighted by molar-refractivity contribution is 5.79. The van der Waals surface area contributed by atoms with Crippen LogP contribution in [0.1, 0.15) is 55.4 Å². The quantitative estimate of drug-likeness (QED) is 0.416. The molecule has 0 aliphatic carbocycles. The maximum absolute atomic E-state index is 3.58. The van der Waals surface area contributed by atoms with Gasteiger partial charge in [0, 0.05) is 0 Å². The Kier molecular flexibility index (Phi) is 9.00. The third-order valence-corrected chi connectivity index (χ3v) is 2.37. The molecule has 0 aliphatic heterocycles. The Morgan fingerprint density at radius 2 is 1.19 bits per heavy atom. The minimum atomic E-state index is 0. The van der Waals surface area contributed by atoms with Crippen molar-refractivity contribution >= 4 is 5.84 Å². The van der Waals surface area contributed by atoms with Crippen molar-refractivity contribution in [1.29, 1.82) is 0 Å². The van der Waals surface area contributed by atoms with Gasteiger partial charge in [-0.25, -0.2) is 0 Å². The second-order valence-corrected chi connectivity index (χ2v) is 5.43. The Hall–Kier alpha value is -0.240. The van der Waals surface area contributed by atoms with Crippen molar-refractivity contribution in [2.45, 2.75) is 73.5 Å². The molecule has 0 radical (unpaired) electrons. The van der Waals surface area contributed by atoms with E-state index in [1.54, 1.807) is 0 Å². The van der Waals surface area contributed by atoms with Crippen LogP contribution in [0.4, 0.5) is 0 Å². The summed E-state index contributed by atoms with van der Waals surface area (Å²) in [5.74, 6) is 1.92. The first-order chi connectivity index (χ1) is 6.77. The fourth-order valence-corrected chi connectivity index (χ4v) is 1.99. The number of hydrogen-bond acceptors (Lipinski definition) is 0. The first kappa shape index (κ1) is 18.1. The molecule has 0 amide bonds. The van der Waals surface area contributed by atoms with E-state index < -0.39 is 0 Å². The van der Waals surface area contributed by atoms with Crippen molar-refractivity contribution in [3.8, 4) is 0 Å². The van der Waals surface area contributed by atoms with Crippen molar-refractivity contribution in [2.75, 3.05) is 0 Å². The Balaban J connectivity index is 0. The van der Waals surface area contributed by atoms with Crippen LogP contribution in [-0.4, -0.2) is 28.5 Å². The van der Waals surface area contributed by atoms with Gasteiger partial charge >= 0.3 is 0 Å². The number of hydrogen-bond donors (Lipinski definition) is 1. The lowest BCUT2D eigenvalue weighted by molar-refractivity contribution is -0.591. The largest absolute Gasteiger partial charge is 1.00 e. The van der Waals surface area contributed by atoms with Gasteiger partial charge in [0.15, 0.2) is 0 Å². The minimum absolute atomic E-state index is 0. The average Bonchev–Trinajstić information content (AvgIpc) is 2.00.